The summed E-state index contributed by atoms with van der Waals surface area (Å²) in [4.78, 5) is 6.25. The van der Waals surface area contributed by atoms with Crippen LogP contribution in [0.3, 0.4) is 0 Å². The maximum atomic E-state index is 5.82. The van der Waals surface area contributed by atoms with Crippen LogP contribution in [0.25, 0.3) is 0 Å². The topological polar surface area (TPSA) is 59.4 Å². The van der Waals surface area contributed by atoms with Crippen LogP contribution >= 0.6 is 23.2 Å². The Morgan fingerprint density at radius 2 is 1.86 bits per heavy atom. The number of anilines is 2. The van der Waals surface area contributed by atoms with E-state index in [0.717, 1.165) is 30.0 Å². The second-order valence-electron chi connectivity index (χ2n) is 4.79. The number of halogens is 2. The Hall–Kier alpha value is -1.72. The summed E-state index contributed by atoms with van der Waals surface area (Å²) >= 11 is 11.6. The largest absolute Gasteiger partial charge is 0.369 e. The van der Waals surface area contributed by atoms with Gasteiger partial charge in [-0.15, -0.1) is 23.2 Å². The minimum Gasteiger partial charge on any atom is -0.369 e. The molecular formula is C15H19Cl2N5. The summed E-state index contributed by atoms with van der Waals surface area (Å²) < 4.78 is 1.55. The van der Waals surface area contributed by atoms with E-state index in [1.54, 1.807) is 17.1 Å². The van der Waals surface area contributed by atoms with Gasteiger partial charge in [0.25, 0.3) is 0 Å². The van der Waals surface area contributed by atoms with Crippen LogP contribution in [0.15, 0.2) is 35.6 Å². The minimum absolute atomic E-state index is 0.376. The fraction of sp³-hybridized carbons (Fsp3) is 0.333. The van der Waals surface area contributed by atoms with Crippen molar-refractivity contribution in [1.82, 2.24) is 9.66 Å². The van der Waals surface area contributed by atoms with Gasteiger partial charge in [0.15, 0.2) is 0 Å². The molecule has 2 rings (SSSR count). The summed E-state index contributed by atoms with van der Waals surface area (Å²) in [6, 6.07) is 8.05. The zero-order chi connectivity index (χ0) is 15.9. The van der Waals surface area contributed by atoms with E-state index in [1.807, 2.05) is 31.2 Å². The molecule has 0 bridgehead atoms. The van der Waals surface area contributed by atoms with Gasteiger partial charge in [0, 0.05) is 30.5 Å². The van der Waals surface area contributed by atoms with Gasteiger partial charge in [-0.25, -0.2) is 9.66 Å². The van der Waals surface area contributed by atoms with E-state index in [-0.39, 0.29) is 0 Å². The fourth-order valence-corrected chi connectivity index (χ4v) is 2.48. The average Bonchev–Trinajstić information content (AvgIpc) is 2.83. The van der Waals surface area contributed by atoms with Crippen LogP contribution in [-0.2, 0) is 0 Å². The van der Waals surface area contributed by atoms with E-state index in [0.29, 0.717) is 17.7 Å². The number of hydrogen-bond donors (Lipinski definition) is 1. The van der Waals surface area contributed by atoms with Gasteiger partial charge < -0.3 is 10.6 Å². The summed E-state index contributed by atoms with van der Waals surface area (Å²) in [5.41, 5.74) is 8.65. The minimum atomic E-state index is 0.376. The lowest BCUT2D eigenvalue weighted by Gasteiger charge is -2.22. The molecule has 0 aliphatic rings. The van der Waals surface area contributed by atoms with E-state index in [1.165, 1.54) is 0 Å². The third-order valence-corrected chi connectivity index (χ3v) is 3.47. The van der Waals surface area contributed by atoms with Crippen LogP contribution in [0.1, 0.15) is 11.3 Å². The predicted octanol–water partition coefficient (Wildman–Crippen LogP) is 2.94. The van der Waals surface area contributed by atoms with Gasteiger partial charge in [0.1, 0.15) is 0 Å². The molecule has 2 aromatic rings. The Labute approximate surface area is 140 Å². The maximum absolute atomic E-state index is 5.82. The Bertz CT molecular complexity index is 615. The van der Waals surface area contributed by atoms with Crippen molar-refractivity contribution >= 4 is 41.1 Å². The molecule has 2 N–H and O–H groups in total. The standard InChI is InChI=1S/C15H19Cl2N5/c1-12-11-22(15(18)20-12)19-10-13-2-4-14(5-3-13)21(8-6-16)9-7-17/h2-5,10-11H,6-9H2,1H3,(H2,18,20). The number of nitrogens with zero attached hydrogens (tertiary/aromatic N) is 4. The molecule has 0 aliphatic carbocycles. The molecule has 0 radical (unpaired) electrons. The van der Waals surface area contributed by atoms with E-state index in [4.69, 9.17) is 28.9 Å². The first-order chi connectivity index (χ1) is 10.6. The number of aromatic nitrogens is 2. The summed E-state index contributed by atoms with van der Waals surface area (Å²) in [6.07, 6.45) is 3.53. The number of nitrogens with two attached hydrogens (primary N) is 1. The number of imidazole rings is 1. The van der Waals surface area contributed by atoms with Crippen molar-refractivity contribution in [3.63, 3.8) is 0 Å². The number of nitrogen functional groups attached to an aromatic ring is 1. The fourth-order valence-electron chi connectivity index (χ4n) is 2.07. The lowest BCUT2D eigenvalue weighted by Crippen LogP contribution is -2.27. The monoisotopic (exact) mass is 339 g/mol. The summed E-state index contributed by atoms with van der Waals surface area (Å²) in [5.74, 6) is 1.51. The van der Waals surface area contributed by atoms with Crippen LogP contribution in [0.4, 0.5) is 11.6 Å². The number of alkyl halides is 2. The average molecular weight is 340 g/mol. The van der Waals surface area contributed by atoms with E-state index < -0.39 is 0 Å². The predicted molar refractivity (Wildman–Crippen MR) is 94.5 cm³/mol. The highest BCUT2D eigenvalue weighted by Crippen LogP contribution is 2.15. The summed E-state index contributed by atoms with van der Waals surface area (Å²) in [7, 11) is 0. The molecule has 0 saturated carbocycles. The van der Waals surface area contributed by atoms with Crippen LogP contribution in [0, 0.1) is 6.92 Å². The van der Waals surface area contributed by atoms with Crippen molar-refractivity contribution in [2.75, 3.05) is 35.5 Å². The first-order valence-electron chi connectivity index (χ1n) is 6.97. The Morgan fingerprint density at radius 1 is 1.23 bits per heavy atom. The van der Waals surface area contributed by atoms with Gasteiger partial charge >= 0.3 is 0 Å². The maximum Gasteiger partial charge on any atom is 0.221 e. The zero-order valence-electron chi connectivity index (χ0n) is 12.4. The zero-order valence-corrected chi connectivity index (χ0v) is 13.9. The van der Waals surface area contributed by atoms with Crippen molar-refractivity contribution in [2.24, 2.45) is 5.10 Å². The van der Waals surface area contributed by atoms with Crippen molar-refractivity contribution in [2.45, 2.75) is 6.92 Å². The third-order valence-electron chi connectivity index (χ3n) is 3.13. The van der Waals surface area contributed by atoms with Crippen LogP contribution < -0.4 is 10.6 Å². The molecule has 0 atom stereocenters. The van der Waals surface area contributed by atoms with Gasteiger partial charge in [-0.3, -0.25) is 0 Å². The highest BCUT2D eigenvalue weighted by Gasteiger charge is 2.05. The number of benzene rings is 1. The third kappa shape index (κ3) is 4.39. The highest BCUT2D eigenvalue weighted by atomic mass is 35.5. The molecular weight excluding hydrogens is 321 g/mol. The van der Waals surface area contributed by atoms with Crippen LogP contribution in [0.2, 0.25) is 0 Å². The van der Waals surface area contributed by atoms with Crippen LogP contribution in [0.5, 0.6) is 0 Å². The Balaban J connectivity index is 2.09. The molecule has 7 heteroatoms. The summed E-state index contributed by atoms with van der Waals surface area (Å²) in [5, 5.41) is 4.29. The smallest absolute Gasteiger partial charge is 0.221 e. The Morgan fingerprint density at radius 3 is 2.36 bits per heavy atom. The molecule has 5 nitrogen and oxygen atoms in total. The molecule has 1 heterocycles. The second kappa shape index (κ2) is 8.06. The van der Waals surface area contributed by atoms with Crippen molar-refractivity contribution in [3.05, 3.63) is 41.7 Å². The molecule has 1 aromatic carbocycles. The number of aryl methyl sites for hydroxylation is 1. The first kappa shape index (κ1) is 16.6. The number of hydrogen-bond acceptors (Lipinski definition) is 4. The first-order valence-corrected chi connectivity index (χ1v) is 8.03. The molecule has 0 fully saturated rings. The van der Waals surface area contributed by atoms with Gasteiger partial charge in [-0.1, -0.05) is 12.1 Å². The molecule has 1 aromatic heterocycles. The van der Waals surface area contributed by atoms with Crippen LogP contribution in [-0.4, -0.2) is 40.7 Å². The molecule has 0 aliphatic heterocycles. The molecule has 0 unspecified atom stereocenters. The normalized spacial score (nSPS) is 11.2. The molecule has 22 heavy (non-hydrogen) atoms. The second-order valence-corrected chi connectivity index (χ2v) is 5.54. The molecule has 0 spiro atoms. The lowest BCUT2D eigenvalue weighted by atomic mass is 10.2. The molecule has 118 valence electrons. The summed E-state index contributed by atoms with van der Waals surface area (Å²) in [6.45, 7) is 3.42. The highest BCUT2D eigenvalue weighted by molar-refractivity contribution is 6.18. The molecule has 0 saturated heterocycles. The lowest BCUT2D eigenvalue weighted by molar-refractivity contribution is 0.874. The number of rotatable bonds is 7. The quantitative estimate of drug-likeness (QED) is 0.623. The van der Waals surface area contributed by atoms with Crippen molar-refractivity contribution in [1.29, 1.82) is 0 Å². The van der Waals surface area contributed by atoms with Gasteiger partial charge in [-0.2, -0.15) is 5.10 Å². The van der Waals surface area contributed by atoms with E-state index in [9.17, 15) is 0 Å². The van der Waals surface area contributed by atoms with E-state index in [2.05, 4.69) is 15.0 Å². The van der Waals surface area contributed by atoms with E-state index >= 15 is 0 Å². The van der Waals surface area contributed by atoms with Crippen molar-refractivity contribution < 1.29 is 0 Å². The molecule has 0 amide bonds. The van der Waals surface area contributed by atoms with Gasteiger partial charge in [0.05, 0.1) is 18.1 Å². The Kier molecular flexibility index (Phi) is 6.10. The van der Waals surface area contributed by atoms with Gasteiger partial charge in [0.2, 0.25) is 5.95 Å². The SMILES string of the molecule is Cc1cn(N=Cc2ccc(N(CCCl)CCCl)cc2)c(N)n1. The van der Waals surface area contributed by atoms with Gasteiger partial charge in [-0.05, 0) is 24.6 Å². The van der Waals surface area contributed by atoms with Crippen molar-refractivity contribution in [3.8, 4) is 0 Å².